The molecule has 0 radical (unpaired) electrons. The molecule has 0 aromatic carbocycles. The molecule has 1 aromatic heterocycles. The summed E-state index contributed by atoms with van der Waals surface area (Å²) in [7, 11) is 0. The number of rotatable bonds is 7. The van der Waals surface area contributed by atoms with Crippen LogP contribution in [0.3, 0.4) is 0 Å². The van der Waals surface area contributed by atoms with Crippen LogP contribution in [0.1, 0.15) is 64.0 Å². The van der Waals surface area contributed by atoms with E-state index >= 15 is 0 Å². The number of aromatic nitrogens is 1. The van der Waals surface area contributed by atoms with E-state index in [4.69, 9.17) is 0 Å². The second-order valence-electron chi connectivity index (χ2n) is 7.13. The van der Waals surface area contributed by atoms with Crippen LogP contribution in [-0.4, -0.2) is 33.8 Å². The zero-order chi connectivity index (χ0) is 17.1. The summed E-state index contributed by atoms with van der Waals surface area (Å²) >= 11 is 0. The average molecular weight is 329 g/mol. The second-order valence-corrected chi connectivity index (χ2v) is 7.13. The van der Waals surface area contributed by atoms with Crippen molar-refractivity contribution in [2.75, 3.05) is 0 Å². The van der Waals surface area contributed by atoms with Crippen LogP contribution in [-0.2, 0) is 9.59 Å². The summed E-state index contributed by atoms with van der Waals surface area (Å²) in [5.41, 5.74) is 1.02. The van der Waals surface area contributed by atoms with Gasteiger partial charge in [0.15, 0.2) is 0 Å². The summed E-state index contributed by atoms with van der Waals surface area (Å²) in [5, 5.41) is 3.15. The molecule has 3 atom stereocenters. The highest BCUT2D eigenvalue weighted by atomic mass is 16.2. The fourth-order valence-corrected chi connectivity index (χ4v) is 3.58. The number of unbranched alkanes of at least 4 members (excludes halogenated alkanes) is 1. The Kier molecular flexibility index (Phi) is 5.17. The Morgan fingerprint density at radius 3 is 2.88 bits per heavy atom. The van der Waals surface area contributed by atoms with Crippen LogP contribution in [0.2, 0.25) is 0 Å². The van der Waals surface area contributed by atoms with Crippen LogP contribution in [0, 0.1) is 5.92 Å². The lowest BCUT2D eigenvalue weighted by atomic mass is 9.99. The first-order chi connectivity index (χ1) is 11.6. The average Bonchev–Trinajstić information content (AvgIpc) is 3.37. The SMILES string of the molecule is CCCC[C@H](C)C(=O)N[C@@H]1CC(=O)N(C2CC2)[C@H]1c1cccnc1. The second kappa shape index (κ2) is 7.32. The largest absolute Gasteiger partial charge is 0.350 e. The molecule has 1 aromatic rings. The molecule has 1 saturated heterocycles. The molecule has 0 unspecified atom stereocenters. The zero-order valence-corrected chi connectivity index (χ0v) is 14.6. The van der Waals surface area contributed by atoms with Gasteiger partial charge in [0.2, 0.25) is 11.8 Å². The number of amides is 2. The Morgan fingerprint density at radius 1 is 1.46 bits per heavy atom. The van der Waals surface area contributed by atoms with E-state index in [9.17, 15) is 9.59 Å². The highest BCUT2D eigenvalue weighted by Crippen LogP contribution is 2.41. The molecule has 0 bridgehead atoms. The van der Waals surface area contributed by atoms with Crippen LogP contribution >= 0.6 is 0 Å². The van der Waals surface area contributed by atoms with Crippen molar-refractivity contribution in [2.45, 2.75) is 70.5 Å². The summed E-state index contributed by atoms with van der Waals surface area (Å²) in [4.78, 5) is 31.2. The summed E-state index contributed by atoms with van der Waals surface area (Å²) < 4.78 is 0. The number of carbonyl (C=O) groups excluding carboxylic acids is 2. The quantitative estimate of drug-likeness (QED) is 0.837. The normalized spacial score (nSPS) is 24.9. The van der Waals surface area contributed by atoms with Gasteiger partial charge in [-0.15, -0.1) is 0 Å². The maximum Gasteiger partial charge on any atom is 0.225 e. The topological polar surface area (TPSA) is 62.3 Å². The predicted molar refractivity (Wildman–Crippen MR) is 92.1 cm³/mol. The van der Waals surface area contributed by atoms with Gasteiger partial charge in [-0.05, 0) is 30.9 Å². The smallest absolute Gasteiger partial charge is 0.225 e. The number of nitrogens with one attached hydrogen (secondary N) is 1. The maximum absolute atomic E-state index is 12.5. The van der Waals surface area contributed by atoms with Crippen LogP contribution in [0.5, 0.6) is 0 Å². The summed E-state index contributed by atoms with van der Waals surface area (Å²) in [6.45, 7) is 4.10. The van der Waals surface area contributed by atoms with Crippen LogP contribution in [0.15, 0.2) is 24.5 Å². The molecule has 130 valence electrons. The molecule has 2 fully saturated rings. The van der Waals surface area contributed by atoms with Gasteiger partial charge in [-0.2, -0.15) is 0 Å². The maximum atomic E-state index is 12.5. The molecule has 5 nitrogen and oxygen atoms in total. The van der Waals surface area contributed by atoms with E-state index in [0.29, 0.717) is 12.5 Å². The van der Waals surface area contributed by atoms with Gasteiger partial charge in [-0.1, -0.05) is 32.8 Å². The Hall–Kier alpha value is -1.91. The van der Waals surface area contributed by atoms with E-state index in [1.54, 1.807) is 6.20 Å². The zero-order valence-electron chi connectivity index (χ0n) is 14.6. The molecule has 1 aliphatic heterocycles. The Bertz CT molecular complexity index is 586. The third-order valence-electron chi connectivity index (χ3n) is 5.10. The van der Waals surface area contributed by atoms with Crippen molar-refractivity contribution in [3.05, 3.63) is 30.1 Å². The lowest BCUT2D eigenvalue weighted by Gasteiger charge is -2.29. The van der Waals surface area contributed by atoms with Crippen LogP contribution in [0.25, 0.3) is 0 Å². The van der Waals surface area contributed by atoms with Gasteiger partial charge in [-0.25, -0.2) is 0 Å². The molecule has 3 rings (SSSR count). The Morgan fingerprint density at radius 2 is 2.25 bits per heavy atom. The highest BCUT2D eigenvalue weighted by molar-refractivity contribution is 5.84. The third-order valence-corrected chi connectivity index (χ3v) is 5.10. The van der Waals surface area contributed by atoms with E-state index in [-0.39, 0.29) is 29.8 Å². The van der Waals surface area contributed by atoms with Crippen molar-refractivity contribution >= 4 is 11.8 Å². The molecule has 1 saturated carbocycles. The Balaban J connectivity index is 1.75. The predicted octanol–water partition coefficient (Wildman–Crippen LogP) is 2.83. The van der Waals surface area contributed by atoms with E-state index in [0.717, 1.165) is 37.7 Å². The minimum atomic E-state index is -0.154. The van der Waals surface area contributed by atoms with E-state index in [1.165, 1.54) is 0 Å². The monoisotopic (exact) mass is 329 g/mol. The van der Waals surface area contributed by atoms with Crippen LogP contribution < -0.4 is 5.32 Å². The van der Waals surface area contributed by atoms with Gasteiger partial charge >= 0.3 is 0 Å². The molecular weight excluding hydrogens is 302 g/mol. The van der Waals surface area contributed by atoms with Crippen molar-refractivity contribution in [3.63, 3.8) is 0 Å². The lowest BCUT2D eigenvalue weighted by Crippen LogP contribution is -2.42. The molecule has 2 amide bonds. The fraction of sp³-hybridized carbons (Fsp3) is 0.632. The van der Waals surface area contributed by atoms with Gasteiger partial charge in [0.25, 0.3) is 0 Å². The lowest BCUT2D eigenvalue weighted by molar-refractivity contribution is -0.129. The van der Waals surface area contributed by atoms with E-state index in [1.807, 2.05) is 30.2 Å². The Labute approximate surface area is 143 Å². The van der Waals surface area contributed by atoms with Crippen molar-refractivity contribution in [1.29, 1.82) is 0 Å². The molecule has 24 heavy (non-hydrogen) atoms. The molecule has 5 heteroatoms. The molecule has 0 spiro atoms. The van der Waals surface area contributed by atoms with Gasteiger partial charge in [-0.3, -0.25) is 14.6 Å². The number of nitrogens with zero attached hydrogens (tertiary/aromatic N) is 2. The van der Waals surface area contributed by atoms with Gasteiger partial charge in [0.1, 0.15) is 0 Å². The van der Waals surface area contributed by atoms with Gasteiger partial charge in [0.05, 0.1) is 12.1 Å². The third kappa shape index (κ3) is 3.60. The first-order valence-electron chi connectivity index (χ1n) is 9.13. The van der Waals surface area contributed by atoms with Gasteiger partial charge < -0.3 is 10.2 Å². The van der Waals surface area contributed by atoms with Crippen molar-refractivity contribution in [3.8, 4) is 0 Å². The molecule has 2 heterocycles. The summed E-state index contributed by atoms with van der Waals surface area (Å²) in [5.74, 6) is 0.204. The fourth-order valence-electron chi connectivity index (χ4n) is 3.58. The first kappa shape index (κ1) is 16.9. The first-order valence-corrected chi connectivity index (χ1v) is 9.13. The number of hydrogen-bond donors (Lipinski definition) is 1. The van der Waals surface area contributed by atoms with Crippen molar-refractivity contribution in [1.82, 2.24) is 15.2 Å². The summed E-state index contributed by atoms with van der Waals surface area (Å²) in [6, 6.07) is 4.00. The summed E-state index contributed by atoms with van der Waals surface area (Å²) in [6.07, 6.45) is 9.12. The standard InChI is InChI=1S/C19H27N3O2/c1-3-4-6-13(2)19(24)21-16-11-17(23)22(15-8-9-15)18(16)14-7-5-10-20-12-14/h5,7,10,12-13,15-16,18H,3-4,6,8-9,11H2,1-2H3,(H,21,24)/t13-,16+,18-/m0/s1. The minimum Gasteiger partial charge on any atom is -0.350 e. The highest BCUT2D eigenvalue weighted by Gasteiger charge is 2.47. The van der Waals surface area contributed by atoms with E-state index in [2.05, 4.69) is 17.2 Å². The van der Waals surface area contributed by atoms with Crippen LogP contribution in [0.4, 0.5) is 0 Å². The molecule has 1 N–H and O–H groups in total. The van der Waals surface area contributed by atoms with E-state index < -0.39 is 0 Å². The van der Waals surface area contributed by atoms with Gasteiger partial charge in [0, 0.05) is 30.8 Å². The number of carbonyl (C=O) groups is 2. The molecule has 1 aliphatic carbocycles. The molecular formula is C19H27N3O2. The number of hydrogen-bond acceptors (Lipinski definition) is 3. The number of pyridine rings is 1. The molecule has 2 aliphatic rings. The minimum absolute atomic E-state index is 0.00965. The number of likely N-dealkylation sites (tertiary alicyclic amines) is 1. The van der Waals surface area contributed by atoms with Crippen molar-refractivity contribution in [2.24, 2.45) is 5.92 Å². The van der Waals surface area contributed by atoms with Crippen molar-refractivity contribution < 1.29 is 9.59 Å².